The summed E-state index contributed by atoms with van der Waals surface area (Å²) < 4.78 is 0. The summed E-state index contributed by atoms with van der Waals surface area (Å²) in [5.41, 5.74) is 8.92. The topological polar surface area (TPSA) is 84.5 Å². The van der Waals surface area contributed by atoms with Gasteiger partial charge in [0.25, 0.3) is 5.91 Å². The molecule has 0 aromatic heterocycles. The molecule has 0 saturated carbocycles. The number of nitrogens with one attached hydrogen (secondary N) is 1. The van der Waals surface area contributed by atoms with E-state index in [0.717, 1.165) is 11.1 Å². The molecule has 0 spiro atoms. The quantitative estimate of drug-likeness (QED) is 0.653. The first-order valence-electron chi connectivity index (χ1n) is 6.96. The summed E-state index contributed by atoms with van der Waals surface area (Å²) in [5.74, 6) is -0.0715. The second kappa shape index (κ2) is 5.81. The maximum atomic E-state index is 12.0. The summed E-state index contributed by atoms with van der Waals surface area (Å²) in [6.07, 6.45) is 0.925. The highest BCUT2D eigenvalue weighted by Gasteiger charge is 2.18. The number of ketones is 1. The lowest BCUT2D eigenvalue weighted by molar-refractivity contribution is -0.117. The molecule has 2 aromatic carbocycles. The molecule has 3 rings (SSSR count). The van der Waals surface area contributed by atoms with Crippen LogP contribution in [0.5, 0.6) is 0 Å². The van der Waals surface area contributed by atoms with Crippen LogP contribution in [0.3, 0.4) is 0 Å². The number of aliphatic imine (C=N–C) groups is 1. The monoisotopic (exact) mass is 293 g/mol. The summed E-state index contributed by atoms with van der Waals surface area (Å²) in [7, 11) is 0. The van der Waals surface area contributed by atoms with Crippen molar-refractivity contribution >= 4 is 23.3 Å². The Balaban J connectivity index is 1.74. The van der Waals surface area contributed by atoms with Crippen LogP contribution in [0.1, 0.15) is 21.5 Å². The summed E-state index contributed by atoms with van der Waals surface area (Å²) in [6.45, 7) is 0. The zero-order chi connectivity index (χ0) is 15.5. The van der Waals surface area contributed by atoms with Gasteiger partial charge in [0.15, 0.2) is 0 Å². The zero-order valence-corrected chi connectivity index (χ0v) is 11.9. The summed E-state index contributed by atoms with van der Waals surface area (Å²) >= 11 is 0. The molecule has 3 N–H and O–H groups in total. The molecule has 2 aromatic rings. The van der Waals surface area contributed by atoms with Gasteiger partial charge >= 0.3 is 0 Å². The minimum absolute atomic E-state index is 0.0260. The Hall–Kier alpha value is -2.95. The number of benzene rings is 2. The van der Waals surface area contributed by atoms with E-state index in [9.17, 15) is 9.59 Å². The van der Waals surface area contributed by atoms with Crippen molar-refractivity contribution in [1.82, 2.24) is 5.32 Å². The lowest BCUT2D eigenvalue weighted by Crippen LogP contribution is -2.36. The van der Waals surface area contributed by atoms with E-state index in [-0.39, 0.29) is 17.6 Å². The average Bonchev–Trinajstić information content (AvgIpc) is 2.87. The number of hydrogen-bond acceptors (Lipinski definition) is 3. The molecule has 1 amide bonds. The highest BCUT2D eigenvalue weighted by Crippen LogP contribution is 2.24. The molecule has 110 valence electrons. The maximum absolute atomic E-state index is 12.0. The maximum Gasteiger partial charge on any atom is 0.257 e. The van der Waals surface area contributed by atoms with E-state index in [1.807, 2.05) is 18.2 Å². The Morgan fingerprint density at radius 1 is 1.05 bits per heavy atom. The summed E-state index contributed by atoms with van der Waals surface area (Å²) in [6, 6.07) is 14.3. The molecule has 0 atom stereocenters. The van der Waals surface area contributed by atoms with Gasteiger partial charge < -0.3 is 5.73 Å². The van der Waals surface area contributed by atoms with Crippen LogP contribution in [0.2, 0.25) is 0 Å². The van der Waals surface area contributed by atoms with E-state index >= 15 is 0 Å². The number of rotatable bonds is 2. The van der Waals surface area contributed by atoms with E-state index in [2.05, 4.69) is 10.3 Å². The van der Waals surface area contributed by atoms with Crippen molar-refractivity contribution in [1.29, 1.82) is 0 Å². The number of fused-ring (bicyclic) bond motifs is 1. The van der Waals surface area contributed by atoms with Crippen LogP contribution in [0.15, 0.2) is 53.5 Å². The Kier molecular flexibility index (Phi) is 3.70. The Labute approximate surface area is 127 Å². The fourth-order valence-corrected chi connectivity index (χ4v) is 2.45. The molecule has 5 nitrogen and oxygen atoms in total. The van der Waals surface area contributed by atoms with Crippen molar-refractivity contribution in [2.24, 2.45) is 10.7 Å². The molecule has 5 heteroatoms. The minimum atomic E-state index is -0.307. The van der Waals surface area contributed by atoms with Crippen LogP contribution in [0.25, 0.3) is 0 Å². The molecule has 0 bridgehead atoms. The van der Waals surface area contributed by atoms with E-state index in [0.29, 0.717) is 24.1 Å². The van der Waals surface area contributed by atoms with Crippen molar-refractivity contribution in [2.75, 3.05) is 0 Å². The number of nitrogens with two attached hydrogens (primary N) is 1. The average molecular weight is 293 g/mol. The molecule has 0 unspecified atom stereocenters. The standard InChI is InChI=1S/C17H15N3O2/c18-17(20-16(22)11-4-2-1-3-5-11)19-14-7-6-12-9-15(21)10-13(12)8-14/h1-8H,9-10H2,(H3,18,19,20,22). The smallest absolute Gasteiger partial charge is 0.257 e. The normalized spacial score (nSPS) is 13.8. The SMILES string of the molecule is NC(=Nc1ccc2c(c1)CC(=O)C2)NC(=O)c1ccccc1. The minimum Gasteiger partial charge on any atom is -0.369 e. The molecule has 0 fully saturated rings. The van der Waals surface area contributed by atoms with Gasteiger partial charge in [0.2, 0.25) is 5.96 Å². The van der Waals surface area contributed by atoms with E-state index in [1.165, 1.54) is 0 Å². The van der Waals surface area contributed by atoms with E-state index in [4.69, 9.17) is 5.73 Å². The highest BCUT2D eigenvalue weighted by molar-refractivity contribution is 6.05. The van der Waals surface area contributed by atoms with Gasteiger partial charge in [-0.05, 0) is 35.4 Å². The Bertz CT molecular complexity index is 767. The van der Waals surface area contributed by atoms with E-state index in [1.54, 1.807) is 30.3 Å². The second-order valence-corrected chi connectivity index (χ2v) is 5.16. The predicted molar refractivity (Wildman–Crippen MR) is 84.0 cm³/mol. The molecule has 0 aliphatic heterocycles. The summed E-state index contributed by atoms with van der Waals surface area (Å²) in [4.78, 5) is 27.6. The molecule has 1 aliphatic carbocycles. The van der Waals surface area contributed by atoms with Crippen molar-refractivity contribution in [3.8, 4) is 0 Å². The highest BCUT2D eigenvalue weighted by atomic mass is 16.1. The molecule has 0 heterocycles. The predicted octanol–water partition coefficient (Wildman–Crippen LogP) is 1.73. The van der Waals surface area contributed by atoms with Gasteiger partial charge in [-0.1, -0.05) is 24.3 Å². The molecule has 0 radical (unpaired) electrons. The van der Waals surface area contributed by atoms with Crippen LogP contribution in [-0.2, 0) is 17.6 Å². The number of hydrogen-bond donors (Lipinski definition) is 2. The van der Waals surface area contributed by atoms with Crippen molar-refractivity contribution in [3.05, 3.63) is 65.2 Å². The first kappa shape index (κ1) is 14.0. The van der Waals surface area contributed by atoms with Crippen LogP contribution >= 0.6 is 0 Å². The Morgan fingerprint density at radius 2 is 1.77 bits per heavy atom. The summed E-state index contributed by atoms with van der Waals surface area (Å²) in [5, 5.41) is 2.54. The number of guanidine groups is 1. The van der Waals surface area contributed by atoms with Crippen molar-refractivity contribution < 1.29 is 9.59 Å². The second-order valence-electron chi connectivity index (χ2n) is 5.16. The van der Waals surface area contributed by atoms with E-state index < -0.39 is 0 Å². The van der Waals surface area contributed by atoms with Gasteiger partial charge in [0, 0.05) is 18.4 Å². The van der Waals surface area contributed by atoms with Gasteiger partial charge in [-0.25, -0.2) is 4.99 Å². The van der Waals surface area contributed by atoms with Gasteiger partial charge in [0.1, 0.15) is 5.78 Å². The van der Waals surface area contributed by atoms with Crippen LogP contribution in [-0.4, -0.2) is 17.6 Å². The third-order valence-electron chi connectivity index (χ3n) is 3.49. The third kappa shape index (κ3) is 3.03. The van der Waals surface area contributed by atoms with Gasteiger partial charge in [0.05, 0.1) is 5.69 Å². The van der Waals surface area contributed by atoms with Gasteiger partial charge in [-0.2, -0.15) is 0 Å². The molecular formula is C17H15N3O2. The molecule has 0 saturated heterocycles. The van der Waals surface area contributed by atoms with Crippen LogP contribution < -0.4 is 11.1 Å². The van der Waals surface area contributed by atoms with Gasteiger partial charge in [-0.3, -0.25) is 14.9 Å². The largest absolute Gasteiger partial charge is 0.369 e. The fraction of sp³-hybridized carbons (Fsp3) is 0.118. The first-order chi connectivity index (χ1) is 10.6. The van der Waals surface area contributed by atoms with Crippen molar-refractivity contribution in [3.63, 3.8) is 0 Å². The number of amides is 1. The number of carbonyl (C=O) groups is 2. The number of carbonyl (C=O) groups excluding carboxylic acids is 2. The first-order valence-corrected chi connectivity index (χ1v) is 6.96. The molecule has 1 aliphatic rings. The lowest BCUT2D eigenvalue weighted by atomic mass is 10.1. The van der Waals surface area contributed by atoms with Crippen LogP contribution in [0, 0.1) is 0 Å². The fourth-order valence-electron chi connectivity index (χ4n) is 2.45. The van der Waals surface area contributed by atoms with Crippen LogP contribution in [0.4, 0.5) is 5.69 Å². The lowest BCUT2D eigenvalue weighted by Gasteiger charge is -2.05. The number of nitrogens with zero attached hydrogens (tertiary/aromatic N) is 1. The van der Waals surface area contributed by atoms with Crippen molar-refractivity contribution in [2.45, 2.75) is 12.8 Å². The van der Waals surface area contributed by atoms with Gasteiger partial charge in [-0.15, -0.1) is 0 Å². The Morgan fingerprint density at radius 3 is 2.55 bits per heavy atom. The zero-order valence-electron chi connectivity index (χ0n) is 11.9. The number of Topliss-reactive ketones (excluding diaryl/α,β-unsaturated/α-hetero) is 1. The molecular weight excluding hydrogens is 278 g/mol. The molecule has 22 heavy (non-hydrogen) atoms. The third-order valence-corrected chi connectivity index (χ3v) is 3.49.